The third-order valence-corrected chi connectivity index (χ3v) is 2.86. The van der Waals surface area contributed by atoms with Gasteiger partial charge in [0.15, 0.2) is 0 Å². The zero-order valence-corrected chi connectivity index (χ0v) is 7.94. The molecule has 1 aliphatic rings. The van der Waals surface area contributed by atoms with E-state index < -0.39 is 0 Å². The van der Waals surface area contributed by atoms with Gasteiger partial charge >= 0.3 is 0 Å². The molecule has 1 unspecified atom stereocenters. The van der Waals surface area contributed by atoms with E-state index in [1.54, 1.807) is 0 Å². The largest absolute Gasteiger partial charge is 0.339 e. The Kier molecular flexibility index (Phi) is 1.71. The summed E-state index contributed by atoms with van der Waals surface area (Å²) in [6.07, 6.45) is 0. The summed E-state index contributed by atoms with van der Waals surface area (Å²) in [6, 6.07) is 0. The lowest BCUT2D eigenvalue weighted by atomic mass is 10.3. The van der Waals surface area contributed by atoms with Crippen LogP contribution in [-0.4, -0.2) is 15.9 Å². The van der Waals surface area contributed by atoms with Crippen molar-refractivity contribution in [3.8, 4) is 0 Å². The van der Waals surface area contributed by atoms with Gasteiger partial charge in [0.25, 0.3) is 0 Å². The molecular formula is C9H12N2O2. The summed E-state index contributed by atoms with van der Waals surface area (Å²) in [5, 5.41) is 3.61. The van der Waals surface area contributed by atoms with Crippen molar-refractivity contribution in [3.63, 3.8) is 0 Å². The second-order valence-electron chi connectivity index (χ2n) is 3.76. The minimum atomic E-state index is -0.143. The molecule has 3 atom stereocenters. The van der Waals surface area contributed by atoms with E-state index in [9.17, 15) is 4.79 Å². The molecule has 13 heavy (non-hydrogen) atoms. The molecule has 1 aliphatic carbocycles. The number of aromatic nitrogens is 2. The van der Waals surface area contributed by atoms with Crippen LogP contribution in [0.3, 0.4) is 0 Å². The molecule has 1 fully saturated rings. The molecule has 0 aliphatic heterocycles. The molecule has 0 aromatic carbocycles. The van der Waals surface area contributed by atoms with Crippen LogP contribution >= 0.6 is 0 Å². The Morgan fingerprint density at radius 2 is 2.00 bits per heavy atom. The summed E-state index contributed by atoms with van der Waals surface area (Å²) < 4.78 is 5.01. The minimum Gasteiger partial charge on any atom is -0.339 e. The quantitative estimate of drug-likeness (QED) is 0.649. The third kappa shape index (κ3) is 1.26. The predicted octanol–water partition coefficient (Wildman–Crippen LogP) is 1.64. The van der Waals surface area contributed by atoms with Gasteiger partial charge in [-0.3, -0.25) is 4.79 Å². The number of nitrogens with zero attached hydrogens (tertiary/aromatic N) is 2. The fourth-order valence-electron chi connectivity index (χ4n) is 1.63. The van der Waals surface area contributed by atoms with Crippen LogP contribution in [0.5, 0.6) is 0 Å². The van der Waals surface area contributed by atoms with Crippen LogP contribution in [0.15, 0.2) is 4.52 Å². The van der Waals surface area contributed by atoms with Gasteiger partial charge in [-0.1, -0.05) is 19.0 Å². The number of carbonyl (C=O) groups is 1. The minimum absolute atomic E-state index is 0.143. The number of rotatable bonds is 2. The lowest BCUT2D eigenvalue weighted by Gasteiger charge is -1.83. The van der Waals surface area contributed by atoms with Crippen molar-refractivity contribution >= 4 is 5.78 Å². The Morgan fingerprint density at radius 3 is 2.38 bits per heavy atom. The summed E-state index contributed by atoms with van der Waals surface area (Å²) in [5.41, 5.74) is 0. The molecular weight excluding hydrogens is 168 g/mol. The first kappa shape index (κ1) is 8.41. The topological polar surface area (TPSA) is 56.0 Å². The van der Waals surface area contributed by atoms with E-state index in [0.29, 0.717) is 23.6 Å². The Balaban J connectivity index is 2.20. The molecule has 0 N–H and O–H groups in total. The van der Waals surface area contributed by atoms with Gasteiger partial charge in [-0.25, -0.2) is 0 Å². The van der Waals surface area contributed by atoms with Crippen molar-refractivity contribution in [1.29, 1.82) is 0 Å². The van der Waals surface area contributed by atoms with E-state index in [4.69, 9.17) is 4.52 Å². The SMILES string of the molecule is CC(=O)c1noc(C2[C@@H](C)[C@H]2C)n1. The average Bonchev–Trinajstić information content (AvgIpc) is 2.56. The van der Waals surface area contributed by atoms with Gasteiger partial charge in [-0.15, -0.1) is 0 Å². The highest BCUT2D eigenvalue weighted by Crippen LogP contribution is 2.52. The number of carbonyl (C=O) groups excluding carboxylic acids is 1. The van der Waals surface area contributed by atoms with Crippen molar-refractivity contribution in [2.75, 3.05) is 0 Å². The molecule has 0 radical (unpaired) electrons. The predicted molar refractivity (Wildman–Crippen MR) is 45.4 cm³/mol. The van der Waals surface area contributed by atoms with Gasteiger partial charge in [-0.05, 0) is 11.8 Å². The van der Waals surface area contributed by atoms with Gasteiger partial charge < -0.3 is 4.52 Å². The fourth-order valence-corrected chi connectivity index (χ4v) is 1.63. The van der Waals surface area contributed by atoms with Crippen LogP contribution in [0.25, 0.3) is 0 Å². The highest BCUT2D eigenvalue weighted by atomic mass is 16.5. The zero-order chi connectivity index (χ0) is 9.59. The molecule has 0 amide bonds. The Bertz CT molecular complexity index is 337. The van der Waals surface area contributed by atoms with Crippen molar-refractivity contribution < 1.29 is 9.32 Å². The summed E-state index contributed by atoms with van der Waals surface area (Å²) in [6.45, 7) is 5.73. The van der Waals surface area contributed by atoms with Crippen LogP contribution in [0, 0.1) is 11.8 Å². The standard InChI is InChI=1S/C9H12N2O2/c1-4-5(2)7(4)9-10-8(6(3)12)11-13-9/h4-5,7H,1-3H3/t4-,5+,7?. The van der Waals surface area contributed by atoms with Gasteiger partial charge in [0, 0.05) is 12.8 Å². The van der Waals surface area contributed by atoms with E-state index in [1.807, 2.05) is 0 Å². The van der Waals surface area contributed by atoms with E-state index >= 15 is 0 Å². The maximum Gasteiger partial charge on any atom is 0.238 e. The second kappa shape index (κ2) is 2.65. The molecule has 1 heterocycles. The second-order valence-corrected chi connectivity index (χ2v) is 3.76. The molecule has 4 nitrogen and oxygen atoms in total. The van der Waals surface area contributed by atoms with E-state index in [0.717, 1.165) is 0 Å². The molecule has 4 heteroatoms. The molecule has 1 aromatic heterocycles. The molecule has 1 aromatic rings. The maximum atomic E-state index is 10.9. The summed E-state index contributed by atoms with van der Waals surface area (Å²) in [5.74, 6) is 2.23. The molecule has 0 saturated heterocycles. The van der Waals surface area contributed by atoms with Crippen molar-refractivity contribution in [1.82, 2.24) is 10.1 Å². The Hall–Kier alpha value is -1.19. The normalized spacial score (nSPS) is 31.8. The fraction of sp³-hybridized carbons (Fsp3) is 0.667. The van der Waals surface area contributed by atoms with Gasteiger partial charge in [0.2, 0.25) is 17.5 Å². The first-order valence-corrected chi connectivity index (χ1v) is 4.46. The molecule has 1 saturated carbocycles. The van der Waals surface area contributed by atoms with Crippen LogP contribution in [0.2, 0.25) is 0 Å². The highest BCUT2D eigenvalue weighted by Gasteiger charge is 2.47. The van der Waals surface area contributed by atoms with Gasteiger partial charge in [-0.2, -0.15) is 4.98 Å². The average molecular weight is 180 g/mol. The first-order chi connectivity index (χ1) is 6.11. The number of ketones is 1. The first-order valence-electron chi connectivity index (χ1n) is 4.46. The van der Waals surface area contributed by atoms with Crippen LogP contribution in [0.1, 0.15) is 43.2 Å². The summed E-state index contributed by atoms with van der Waals surface area (Å²) in [7, 11) is 0. The molecule has 70 valence electrons. The van der Waals surface area contributed by atoms with Crippen LogP contribution in [-0.2, 0) is 0 Å². The lowest BCUT2D eigenvalue weighted by molar-refractivity contribution is 0.100. The van der Waals surface area contributed by atoms with Crippen molar-refractivity contribution in [2.45, 2.75) is 26.7 Å². The van der Waals surface area contributed by atoms with Gasteiger partial charge in [0.05, 0.1) is 0 Å². The van der Waals surface area contributed by atoms with Crippen LogP contribution < -0.4 is 0 Å². The Labute approximate surface area is 76.3 Å². The van der Waals surface area contributed by atoms with Crippen molar-refractivity contribution in [2.24, 2.45) is 11.8 Å². The van der Waals surface area contributed by atoms with E-state index in [2.05, 4.69) is 24.0 Å². The number of hydrogen-bond acceptors (Lipinski definition) is 4. The maximum absolute atomic E-state index is 10.9. The summed E-state index contributed by atoms with van der Waals surface area (Å²) in [4.78, 5) is 14.9. The number of Topliss-reactive ketones (excluding diaryl/α,β-unsaturated/α-hetero) is 1. The van der Waals surface area contributed by atoms with E-state index in [1.165, 1.54) is 6.92 Å². The number of hydrogen-bond donors (Lipinski definition) is 0. The van der Waals surface area contributed by atoms with E-state index in [-0.39, 0.29) is 11.6 Å². The molecule has 0 spiro atoms. The smallest absolute Gasteiger partial charge is 0.238 e. The zero-order valence-electron chi connectivity index (χ0n) is 7.94. The highest BCUT2D eigenvalue weighted by molar-refractivity contribution is 5.89. The monoisotopic (exact) mass is 180 g/mol. The summed E-state index contributed by atoms with van der Waals surface area (Å²) >= 11 is 0. The molecule has 2 rings (SSSR count). The van der Waals surface area contributed by atoms with Crippen LogP contribution in [0.4, 0.5) is 0 Å². The lowest BCUT2D eigenvalue weighted by Crippen LogP contribution is -1.94. The van der Waals surface area contributed by atoms with Crippen molar-refractivity contribution in [3.05, 3.63) is 11.7 Å². The van der Waals surface area contributed by atoms with Gasteiger partial charge in [0.1, 0.15) is 0 Å². The Morgan fingerprint density at radius 1 is 1.38 bits per heavy atom. The molecule has 0 bridgehead atoms. The third-order valence-electron chi connectivity index (χ3n) is 2.86.